The van der Waals surface area contributed by atoms with Crippen molar-refractivity contribution in [3.63, 3.8) is 0 Å². The summed E-state index contributed by atoms with van der Waals surface area (Å²) in [5.74, 6) is 0. The molecule has 0 saturated carbocycles. The van der Waals surface area contributed by atoms with Crippen LogP contribution in [0.3, 0.4) is 0 Å². The third-order valence-corrected chi connectivity index (χ3v) is 4.28. The zero-order valence-electron chi connectivity index (χ0n) is 11.2. The molecule has 2 aromatic rings. The van der Waals surface area contributed by atoms with E-state index >= 15 is 0 Å². The highest BCUT2D eigenvalue weighted by molar-refractivity contribution is 7.09. The van der Waals surface area contributed by atoms with Gasteiger partial charge in [-0.3, -0.25) is 0 Å². The molecular weight excluding hydrogens is 254 g/mol. The van der Waals surface area contributed by atoms with Crippen LogP contribution >= 0.6 is 11.3 Å². The van der Waals surface area contributed by atoms with E-state index in [-0.39, 0.29) is 0 Å². The zero-order chi connectivity index (χ0) is 13.1. The van der Waals surface area contributed by atoms with Gasteiger partial charge in [-0.2, -0.15) is 0 Å². The molecule has 3 rings (SSSR count). The van der Waals surface area contributed by atoms with Crippen molar-refractivity contribution in [1.29, 1.82) is 0 Å². The van der Waals surface area contributed by atoms with Crippen LogP contribution < -0.4 is 10.2 Å². The summed E-state index contributed by atoms with van der Waals surface area (Å²) in [6, 6.07) is 8.69. The molecule has 0 amide bonds. The highest BCUT2D eigenvalue weighted by atomic mass is 32.1. The van der Waals surface area contributed by atoms with Crippen LogP contribution in [0.1, 0.15) is 23.5 Å². The number of anilines is 2. The molecule has 0 atom stereocenters. The topological polar surface area (TPSA) is 28.2 Å². The molecule has 0 radical (unpaired) electrons. The molecule has 0 unspecified atom stereocenters. The van der Waals surface area contributed by atoms with Gasteiger partial charge in [0.15, 0.2) is 0 Å². The molecule has 0 aliphatic carbocycles. The van der Waals surface area contributed by atoms with E-state index in [0.29, 0.717) is 0 Å². The van der Waals surface area contributed by atoms with Crippen molar-refractivity contribution in [2.45, 2.75) is 26.3 Å². The summed E-state index contributed by atoms with van der Waals surface area (Å²) in [4.78, 5) is 6.93. The van der Waals surface area contributed by atoms with Gasteiger partial charge in [-0.15, -0.1) is 11.3 Å². The van der Waals surface area contributed by atoms with E-state index in [1.807, 2.05) is 6.92 Å². The first-order valence-corrected chi connectivity index (χ1v) is 7.69. The summed E-state index contributed by atoms with van der Waals surface area (Å²) in [7, 11) is 0. The van der Waals surface area contributed by atoms with Crippen molar-refractivity contribution < 1.29 is 0 Å². The lowest BCUT2D eigenvalue weighted by atomic mass is 10.2. The minimum absolute atomic E-state index is 0.799. The fraction of sp³-hybridized carbons (Fsp3) is 0.400. The van der Waals surface area contributed by atoms with Gasteiger partial charge in [0.1, 0.15) is 0 Å². The number of nitrogens with zero attached hydrogens (tertiary/aromatic N) is 2. The second-order valence-electron chi connectivity index (χ2n) is 4.96. The van der Waals surface area contributed by atoms with Crippen LogP contribution in [0, 0.1) is 6.92 Å². The Morgan fingerprint density at radius 1 is 1.32 bits per heavy atom. The van der Waals surface area contributed by atoms with Gasteiger partial charge < -0.3 is 10.2 Å². The summed E-state index contributed by atoms with van der Waals surface area (Å²) < 4.78 is 0. The van der Waals surface area contributed by atoms with Crippen molar-refractivity contribution in [2.24, 2.45) is 0 Å². The fourth-order valence-electron chi connectivity index (χ4n) is 2.47. The Hall–Kier alpha value is -1.55. The van der Waals surface area contributed by atoms with Crippen molar-refractivity contribution in [3.05, 3.63) is 40.3 Å². The number of aryl methyl sites for hydroxylation is 1. The lowest BCUT2D eigenvalue weighted by Gasteiger charge is -2.18. The molecule has 0 spiro atoms. The van der Waals surface area contributed by atoms with E-state index in [4.69, 9.17) is 0 Å². The summed E-state index contributed by atoms with van der Waals surface area (Å²) in [6.45, 7) is 5.22. The summed E-state index contributed by atoms with van der Waals surface area (Å²) >= 11 is 1.70. The molecule has 0 bridgehead atoms. The van der Waals surface area contributed by atoms with Crippen LogP contribution in [0.15, 0.2) is 29.6 Å². The van der Waals surface area contributed by atoms with Crippen LogP contribution in [0.2, 0.25) is 0 Å². The highest BCUT2D eigenvalue weighted by Gasteiger charge is 2.12. The SMILES string of the molecule is Cc1nc(CNc2cccc(N3CCCC3)c2)cs1. The number of nitrogens with one attached hydrogen (secondary N) is 1. The van der Waals surface area contributed by atoms with Gasteiger partial charge in [-0.1, -0.05) is 6.07 Å². The van der Waals surface area contributed by atoms with E-state index < -0.39 is 0 Å². The maximum Gasteiger partial charge on any atom is 0.0898 e. The molecule has 100 valence electrons. The average Bonchev–Trinajstić information content (AvgIpc) is 3.08. The number of hydrogen-bond donors (Lipinski definition) is 1. The van der Waals surface area contributed by atoms with Crippen LogP contribution in [-0.2, 0) is 6.54 Å². The molecule has 1 aliphatic rings. The Bertz CT molecular complexity index is 544. The van der Waals surface area contributed by atoms with Crippen molar-refractivity contribution >= 4 is 22.7 Å². The monoisotopic (exact) mass is 273 g/mol. The first-order chi connectivity index (χ1) is 9.31. The Labute approximate surface area is 118 Å². The fourth-order valence-corrected chi connectivity index (χ4v) is 3.08. The van der Waals surface area contributed by atoms with Crippen molar-refractivity contribution in [1.82, 2.24) is 4.98 Å². The van der Waals surface area contributed by atoms with Crippen molar-refractivity contribution in [3.8, 4) is 0 Å². The zero-order valence-corrected chi connectivity index (χ0v) is 12.0. The maximum absolute atomic E-state index is 4.47. The molecule has 1 N–H and O–H groups in total. The molecule has 1 aromatic carbocycles. The maximum atomic E-state index is 4.47. The molecule has 1 aromatic heterocycles. The average molecular weight is 273 g/mol. The number of thiazole rings is 1. The van der Waals surface area contributed by atoms with Crippen LogP contribution in [0.25, 0.3) is 0 Å². The van der Waals surface area contributed by atoms with Gasteiger partial charge in [0.05, 0.1) is 17.2 Å². The minimum atomic E-state index is 0.799. The third-order valence-electron chi connectivity index (χ3n) is 3.46. The molecular formula is C15H19N3S. The van der Waals surface area contributed by atoms with Gasteiger partial charge >= 0.3 is 0 Å². The molecule has 4 heteroatoms. The van der Waals surface area contributed by atoms with Gasteiger partial charge in [0, 0.05) is 29.8 Å². The Balaban J connectivity index is 1.65. The minimum Gasteiger partial charge on any atom is -0.379 e. The summed E-state index contributed by atoms with van der Waals surface area (Å²) in [5.41, 5.74) is 3.63. The second-order valence-corrected chi connectivity index (χ2v) is 6.02. The predicted octanol–water partition coefficient (Wildman–Crippen LogP) is 3.66. The summed E-state index contributed by atoms with van der Waals surface area (Å²) in [6.07, 6.45) is 2.63. The first kappa shape index (κ1) is 12.5. The third kappa shape index (κ3) is 3.07. The molecule has 1 aliphatic heterocycles. The van der Waals surface area contributed by atoms with E-state index in [1.165, 1.54) is 37.3 Å². The first-order valence-electron chi connectivity index (χ1n) is 6.81. The lowest BCUT2D eigenvalue weighted by Crippen LogP contribution is -2.17. The van der Waals surface area contributed by atoms with Crippen LogP contribution in [0.5, 0.6) is 0 Å². The standard InChI is InChI=1S/C15H19N3S/c1-12-17-14(11-19-12)10-16-13-5-4-6-15(9-13)18-7-2-3-8-18/h4-6,9,11,16H,2-3,7-8,10H2,1H3. The van der Waals surface area contributed by atoms with E-state index in [9.17, 15) is 0 Å². The van der Waals surface area contributed by atoms with E-state index in [0.717, 1.165) is 17.2 Å². The normalized spacial score (nSPS) is 14.9. The molecule has 1 saturated heterocycles. The Kier molecular flexibility index (Phi) is 3.69. The van der Waals surface area contributed by atoms with Gasteiger partial charge in [-0.25, -0.2) is 4.98 Å². The lowest BCUT2D eigenvalue weighted by molar-refractivity contribution is 0.949. The molecule has 2 heterocycles. The van der Waals surface area contributed by atoms with E-state index in [2.05, 4.69) is 44.8 Å². The predicted molar refractivity (Wildman–Crippen MR) is 82.1 cm³/mol. The van der Waals surface area contributed by atoms with Crippen molar-refractivity contribution in [2.75, 3.05) is 23.3 Å². The summed E-state index contributed by atoms with van der Waals surface area (Å²) in [5, 5.41) is 6.70. The van der Waals surface area contributed by atoms with Gasteiger partial charge in [0.2, 0.25) is 0 Å². The molecule has 19 heavy (non-hydrogen) atoms. The number of hydrogen-bond acceptors (Lipinski definition) is 4. The molecule has 1 fully saturated rings. The van der Waals surface area contributed by atoms with Crippen LogP contribution in [-0.4, -0.2) is 18.1 Å². The number of aromatic nitrogens is 1. The van der Waals surface area contributed by atoms with Gasteiger partial charge in [0.25, 0.3) is 0 Å². The Morgan fingerprint density at radius 2 is 2.16 bits per heavy atom. The van der Waals surface area contributed by atoms with Gasteiger partial charge in [-0.05, 0) is 38.0 Å². The van der Waals surface area contributed by atoms with E-state index in [1.54, 1.807) is 11.3 Å². The largest absolute Gasteiger partial charge is 0.379 e. The number of benzene rings is 1. The Morgan fingerprint density at radius 3 is 2.89 bits per heavy atom. The second kappa shape index (κ2) is 5.61. The van der Waals surface area contributed by atoms with Crippen LogP contribution in [0.4, 0.5) is 11.4 Å². The highest BCUT2D eigenvalue weighted by Crippen LogP contribution is 2.23. The number of rotatable bonds is 4. The molecule has 3 nitrogen and oxygen atoms in total. The smallest absolute Gasteiger partial charge is 0.0898 e. The quantitative estimate of drug-likeness (QED) is 0.921.